The van der Waals surface area contributed by atoms with Crippen molar-refractivity contribution in [2.24, 2.45) is 5.41 Å². The number of benzene rings is 2. The van der Waals surface area contributed by atoms with Gasteiger partial charge < -0.3 is 14.8 Å². The fourth-order valence-corrected chi connectivity index (χ4v) is 6.11. The van der Waals surface area contributed by atoms with Crippen LogP contribution in [0.15, 0.2) is 41.3 Å². The summed E-state index contributed by atoms with van der Waals surface area (Å²) in [6.45, 7) is 4.33. The van der Waals surface area contributed by atoms with Crippen LogP contribution in [0.5, 0.6) is 0 Å². The maximum absolute atomic E-state index is 13.9. The van der Waals surface area contributed by atoms with Gasteiger partial charge in [0.15, 0.2) is 13.1 Å². The summed E-state index contributed by atoms with van der Waals surface area (Å²) in [5.41, 5.74) is 0.789. The monoisotopic (exact) mass is 619 g/mol. The molecular formula is C24H28Cl2N3O8PS. The average molecular weight is 620 g/mol. The Kier molecular flexibility index (Phi) is 10.2. The van der Waals surface area contributed by atoms with Crippen molar-refractivity contribution in [3.05, 3.63) is 52.0 Å². The quantitative estimate of drug-likeness (QED) is 0.223. The SMILES string of the molecule is CNC(=O)N1CCc2cc(N(CC(OCOC(=O)C(C)(C)C)OP=O)S(=O)(=O)c3cc(Cl)cc(Cl)c3)ccc21. The third-order valence-corrected chi connectivity index (χ3v) is 8.19. The molecule has 15 heteroatoms. The Bertz CT molecular complexity index is 1330. The molecular weight excluding hydrogens is 592 g/mol. The predicted molar refractivity (Wildman–Crippen MR) is 147 cm³/mol. The molecule has 1 atom stereocenters. The summed E-state index contributed by atoms with van der Waals surface area (Å²) >= 11 is 12.2. The Balaban J connectivity index is 1.99. The third kappa shape index (κ3) is 7.59. The number of carbonyl (C=O) groups excluding carboxylic acids is 2. The summed E-state index contributed by atoms with van der Waals surface area (Å²) < 4.78 is 55.6. The highest BCUT2D eigenvalue weighted by Crippen LogP contribution is 2.35. The van der Waals surface area contributed by atoms with E-state index in [1.165, 1.54) is 31.3 Å². The molecule has 2 amide bonds. The molecule has 2 aromatic carbocycles. The number of nitrogens with zero attached hydrogens (tertiary/aromatic N) is 2. The van der Waals surface area contributed by atoms with Crippen LogP contribution in [-0.2, 0) is 39.8 Å². The van der Waals surface area contributed by atoms with E-state index in [9.17, 15) is 22.6 Å². The van der Waals surface area contributed by atoms with Gasteiger partial charge in [0.2, 0.25) is 0 Å². The molecule has 0 bridgehead atoms. The van der Waals surface area contributed by atoms with Gasteiger partial charge in [0.25, 0.3) is 10.0 Å². The zero-order chi connectivity index (χ0) is 29.0. The van der Waals surface area contributed by atoms with Gasteiger partial charge in [0.1, 0.15) is 0 Å². The van der Waals surface area contributed by atoms with E-state index in [0.717, 1.165) is 9.87 Å². The number of halogens is 2. The summed E-state index contributed by atoms with van der Waals surface area (Å²) in [5.74, 6) is -0.557. The number of fused-ring (bicyclic) bond motifs is 1. The summed E-state index contributed by atoms with van der Waals surface area (Å²) in [5, 5.41) is 2.78. The molecule has 0 spiro atoms. The molecule has 0 aromatic heterocycles. The topological polar surface area (TPSA) is 132 Å². The molecule has 39 heavy (non-hydrogen) atoms. The van der Waals surface area contributed by atoms with Gasteiger partial charge in [-0.15, -0.1) is 0 Å². The third-order valence-electron chi connectivity index (χ3n) is 5.66. The van der Waals surface area contributed by atoms with Crippen molar-refractivity contribution in [2.45, 2.75) is 38.4 Å². The number of urea groups is 1. The lowest BCUT2D eigenvalue weighted by molar-refractivity contribution is -0.182. The van der Waals surface area contributed by atoms with E-state index >= 15 is 0 Å². The molecule has 1 N–H and O–H groups in total. The second kappa shape index (κ2) is 12.8. The van der Waals surface area contributed by atoms with Crippen LogP contribution >= 0.6 is 31.9 Å². The molecule has 1 unspecified atom stereocenters. The average Bonchev–Trinajstić information content (AvgIpc) is 3.28. The highest BCUT2D eigenvalue weighted by Gasteiger charge is 2.32. The molecule has 0 saturated heterocycles. The zero-order valence-corrected chi connectivity index (χ0v) is 24.9. The van der Waals surface area contributed by atoms with Gasteiger partial charge in [0.05, 0.1) is 22.5 Å². The number of nitrogens with one attached hydrogen (secondary N) is 1. The number of hydrogen-bond acceptors (Lipinski definition) is 8. The normalized spacial score (nSPS) is 14.2. The summed E-state index contributed by atoms with van der Waals surface area (Å²) in [4.78, 5) is 25.6. The number of esters is 1. The molecule has 3 rings (SSSR count). The lowest BCUT2D eigenvalue weighted by atomic mass is 9.98. The Morgan fingerprint density at radius 2 is 1.82 bits per heavy atom. The van der Waals surface area contributed by atoms with Crippen molar-refractivity contribution in [3.8, 4) is 0 Å². The number of hydrogen-bond donors (Lipinski definition) is 1. The molecule has 0 saturated carbocycles. The van der Waals surface area contributed by atoms with Crippen molar-refractivity contribution < 1.29 is 36.6 Å². The van der Waals surface area contributed by atoms with Crippen LogP contribution < -0.4 is 14.5 Å². The van der Waals surface area contributed by atoms with Crippen molar-refractivity contribution in [1.82, 2.24) is 5.32 Å². The number of anilines is 2. The summed E-state index contributed by atoms with van der Waals surface area (Å²) in [7, 11) is -3.60. The number of amides is 2. The number of ether oxygens (including phenoxy) is 2. The van der Waals surface area contributed by atoms with Crippen LogP contribution in [0, 0.1) is 5.41 Å². The first-order chi connectivity index (χ1) is 18.3. The zero-order valence-electron chi connectivity index (χ0n) is 21.6. The minimum Gasteiger partial charge on any atom is -0.438 e. The van der Waals surface area contributed by atoms with Gasteiger partial charge in [-0.05, 0) is 69.2 Å². The minimum atomic E-state index is -4.33. The minimum absolute atomic E-state index is 0.104. The van der Waals surface area contributed by atoms with Crippen LogP contribution in [-0.4, -0.2) is 53.6 Å². The van der Waals surface area contributed by atoms with Crippen LogP contribution in [0.3, 0.4) is 0 Å². The smallest absolute Gasteiger partial charge is 0.329 e. The molecule has 1 heterocycles. The van der Waals surface area contributed by atoms with Crippen molar-refractivity contribution in [3.63, 3.8) is 0 Å². The van der Waals surface area contributed by atoms with Crippen molar-refractivity contribution in [2.75, 3.05) is 36.1 Å². The van der Waals surface area contributed by atoms with Gasteiger partial charge in [-0.2, -0.15) is 0 Å². The Morgan fingerprint density at radius 3 is 2.41 bits per heavy atom. The molecule has 2 aromatic rings. The van der Waals surface area contributed by atoms with E-state index in [2.05, 4.69) is 5.32 Å². The Hall–Kier alpha value is -2.47. The molecule has 1 aliphatic rings. The molecule has 0 aliphatic carbocycles. The van der Waals surface area contributed by atoms with Crippen molar-refractivity contribution in [1.29, 1.82) is 0 Å². The Morgan fingerprint density at radius 1 is 1.15 bits per heavy atom. The molecule has 0 radical (unpaired) electrons. The van der Waals surface area contributed by atoms with Gasteiger partial charge >= 0.3 is 20.7 Å². The lowest BCUT2D eigenvalue weighted by Crippen LogP contribution is -2.39. The number of rotatable bonds is 10. The van der Waals surface area contributed by atoms with E-state index in [0.29, 0.717) is 18.7 Å². The van der Waals surface area contributed by atoms with Crippen LogP contribution in [0.4, 0.5) is 16.2 Å². The van der Waals surface area contributed by atoms with E-state index in [4.69, 9.17) is 37.2 Å². The first-order valence-electron chi connectivity index (χ1n) is 11.7. The fourth-order valence-electron chi connectivity index (χ4n) is 3.72. The van der Waals surface area contributed by atoms with Gasteiger partial charge in [-0.25, -0.2) is 17.8 Å². The second-order valence-electron chi connectivity index (χ2n) is 9.49. The highest BCUT2D eigenvalue weighted by molar-refractivity contribution is 7.92. The molecule has 11 nitrogen and oxygen atoms in total. The molecule has 212 valence electrons. The van der Waals surface area contributed by atoms with E-state index in [-0.39, 0.29) is 26.7 Å². The van der Waals surface area contributed by atoms with E-state index < -0.39 is 49.7 Å². The number of sulfonamides is 1. The van der Waals surface area contributed by atoms with Gasteiger partial charge in [-0.3, -0.25) is 18.5 Å². The fraction of sp³-hybridized carbons (Fsp3) is 0.417. The Labute approximate surface area is 238 Å². The first kappa shape index (κ1) is 31.1. The summed E-state index contributed by atoms with van der Waals surface area (Å²) in [6.07, 6.45) is -0.914. The lowest BCUT2D eigenvalue weighted by Gasteiger charge is -2.28. The van der Waals surface area contributed by atoms with Gasteiger partial charge in [0, 0.05) is 29.3 Å². The summed E-state index contributed by atoms with van der Waals surface area (Å²) in [6, 6.07) is 8.37. The van der Waals surface area contributed by atoms with Crippen LogP contribution in [0.2, 0.25) is 10.0 Å². The van der Waals surface area contributed by atoms with Crippen molar-refractivity contribution >= 4 is 65.3 Å². The molecule has 1 aliphatic heterocycles. The molecule has 0 fully saturated rings. The highest BCUT2D eigenvalue weighted by atomic mass is 35.5. The maximum Gasteiger partial charge on any atom is 0.329 e. The standard InChI is InChI=1S/C24H28Cl2N3O8PS/c1-24(2,3)22(30)36-14-35-21(37-38-32)13-29(39(33,34)19-11-16(25)10-17(26)12-19)18-5-6-20-15(9-18)7-8-28(20)23(31)27-4/h5-6,9-12,21H,7-8,13-14H2,1-4H3,(H,27,31). The largest absolute Gasteiger partial charge is 0.438 e. The number of carbonyl (C=O) groups is 2. The maximum atomic E-state index is 13.9. The van der Waals surface area contributed by atoms with E-state index in [1.54, 1.807) is 37.8 Å². The van der Waals surface area contributed by atoms with E-state index in [1.807, 2.05) is 0 Å². The predicted octanol–water partition coefficient (Wildman–Crippen LogP) is 5.00. The second-order valence-corrected chi connectivity index (χ2v) is 12.6. The first-order valence-corrected chi connectivity index (χ1v) is 14.6. The van der Waals surface area contributed by atoms with Crippen LogP contribution in [0.25, 0.3) is 0 Å². The van der Waals surface area contributed by atoms with Gasteiger partial charge in [-0.1, -0.05) is 23.2 Å². The van der Waals surface area contributed by atoms with Crippen LogP contribution in [0.1, 0.15) is 26.3 Å².